The molecule has 16 heavy (non-hydrogen) atoms. The van der Waals surface area contributed by atoms with Crippen molar-refractivity contribution in [3.8, 4) is 5.75 Å². The molecule has 1 aromatic carbocycles. The van der Waals surface area contributed by atoms with Gasteiger partial charge >= 0.3 is 0 Å². The molecule has 0 aromatic heterocycles. The maximum absolute atomic E-state index is 11.3. The van der Waals surface area contributed by atoms with Crippen molar-refractivity contribution in [1.82, 2.24) is 5.32 Å². The summed E-state index contributed by atoms with van der Waals surface area (Å²) < 4.78 is 0. The van der Waals surface area contributed by atoms with Gasteiger partial charge in [0.2, 0.25) is 12.2 Å². The summed E-state index contributed by atoms with van der Waals surface area (Å²) in [6.07, 6.45) is 1.91. The predicted molar refractivity (Wildman–Crippen MR) is 58.5 cm³/mol. The van der Waals surface area contributed by atoms with E-state index in [2.05, 4.69) is 5.32 Å². The number of benzene rings is 1. The molecule has 0 spiro atoms. The van der Waals surface area contributed by atoms with Crippen LogP contribution < -0.4 is 11.1 Å². The number of carbonyl (C=O) groups is 1. The van der Waals surface area contributed by atoms with E-state index in [1.807, 2.05) is 0 Å². The van der Waals surface area contributed by atoms with Crippen molar-refractivity contribution in [1.29, 1.82) is 0 Å². The fourth-order valence-electron chi connectivity index (χ4n) is 1.23. The molecular weight excluding hydrogens is 208 g/mol. The molecule has 0 aliphatic rings. The second-order valence-corrected chi connectivity index (χ2v) is 3.34. The molecule has 0 saturated carbocycles. The third kappa shape index (κ3) is 3.70. The Labute approximate surface area is 93.3 Å². The Morgan fingerprint density at radius 3 is 2.62 bits per heavy atom. The van der Waals surface area contributed by atoms with Crippen LogP contribution in [0.5, 0.6) is 5.75 Å². The van der Waals surface area contributed by atoms with Gasteiger partial charge in [-0.3, -0.25) is 9.59 Å². The fourth-order valence-corrected chi connectivity index (χ4v) is 1.23. The van der Waals surface area contributed by atoms with Gasteiger partial charge in [-0.2, -0.15) is 0 Å². The van der Waals surface area contributed by atoms with Crippen LogP contribution >= 0.6 is 0 Å². The zero-order valence-electron chi connectivity index (χ0n) is 8.64. The van der Waals surface area contributed by atoms with E-state index in [-0.39, 0.29) is 12.3 Å². The van der Waals surface area contributed by atoms with Crippen molar-refractivity contribution in [2.24, 2.45) is 5.73 Å². The number of rotatable bonds is 5. The van der Waals surface area contributed by atoms with Crippen LogP contribution in [0.25, 0.3) is 0 Å². The second kappa shape index (κ2) is 5.87. The Bertz CT molecular complexity index is 362. The van der Waals surface area contributed by atoms with Crippen LogP contribution in [0, 0.1) is 0 Å². The lowest BCUT2D eigenvalue weighted by Gasteiger charge is -2.10. The Balaban J connectivity index is 2.50. The maximum Gasteiger partial charge on any atom is 0.237 e. The molecule has 0 saturated heterocycles. The van der Waals surface area contributed by atoms with Gasteiger partial charge in [-0.15, -0.1) is 0 Å². The number of hydrogen-bond acceptors (Lipinski definition) is 4. The minimum Gasteiger partial charge on any atom is -0.508 e. The predicted octanol–water partition coefficient (Wildman–Crippen LogP) is -0.512. The summed E-state index contributed by atoms with van der Waals surface area (Å²) in [6, 6.07) is 5.72. The zero-order valence-corrected chi connectivity index (χ0v) is 8.64. The van der Waals surface area contributed by atoms with Crippen LogP contribution in [-0.4, -0.2) is 29.9 Å². The van der Waals surface area contributed by atoms with E-state index >= 15 is 0 Å². The lowest BCUT2D eigenvalue weighted by molar-refractivity contribution is -0.122. The molecule has 4 N–H and O–H groups in total. The van der Waals surface area contributed by atoms with Gasteiger partial charge in [0.05, 0.1) is 12.6 Å². The first-order valence-corrected chi connectivity index (χ1v) is 4.79. The highest BCUT2D eigenvalue weighted by Crippen LogP contribution is 2.10. The molecule has 0 aliphatic heterocycles. The highest BCUT2D eigenvalue weighted by atomic mass is 16.3. The fraction of sp³-hybridized carbons (Fsp3) is 0.273. The van der Waals surface area contributed by atoms with E-state index in [0.717, 1.165) is 5.56 Å². The molecule has 1 radical (unpaired) electrons. The van der Waals surface area contributed by atoms with Gasteiger partial charge in [-0.05, 0) is 24.1 Å². The van der Waals surface area contributed by atoms with Crippen LogP contribution in [0.3, 0.4) is 0 Å². The van der Waals surface area contributed by atoms with Crippen molar-refractivity contribution in [3.05, 3.63) is 29.8 Å². The van der Waals surface area contributed by atoms with Crippen molar-refractivity contribution in [3.63, 3.8) is 0 Å². The highest BCUT2D eigenvalue weighted by Gasteiger charge is 2.13. The number of phenols is 1. The number of carbonyl (C=O) groups excluding carboxylic acids is 2. The monoisotopic (exact) mass is 221 g/mol. The molecule has 1 aromatic rings. The second-order valence-electron chi connectivity index (χ2n) is 3.34. The molecule has 5 heteroatoms. The number of phenolic OH excluding ortho intramolecular Hbond substituents is 1. The SMILES string of the molecule is N[C@@H](Cc1ccc(O)cc1)C(=O)NC[C]=O. The van der Waals surface area contributed by atoms with E-state index < -0.39 is 11.9 Å². The smallest absolute Gasteiger partial charge is 0.237 e. The van der Waals surface area contributed by atoms with E-state index in [1.54, 1.807) is 18.4 Å². The number of nitrogens with two attached hydrogens (primary N) is 1. The first-order valence-electron chi connectivity index (χ1n) is 4.79. The van der Waals surface area contributed by atoms with E-state index in [9.17, 15) is 9.59 Å². The summed E-state index contributed by atoms with van der Waals surface area (Å²) in [4.78, 5) is 21.2. The van der Waals surface area contributed by atoms with Crippen LogP contribution in [0.1, 0.15) is 5.56 Å². The van der Waals surface area contributed by atoms with Gasteiger partial charge in [0.15, 0.2) is 0 Å². The summed E-state index contributed by atoms with van der Waals surface area (Å²) in [5, 5.41) is 11.4. The van der Waals surface area contributed by atoms with Gasteiger partial charge < -0.3 is 16.2 Å². The minimum absolute atomic E-state index is 0.151. The molecule has 85 valence electrons. The number of aromatic hydroxyl groups is 1. The molecule has 1 amide bonds. The van der Waals surface area contributed by atoms with Crippen molar-refractivity contribution in [2.45, 2.75) is 12.5 Å². The van der Waals surface area contributed by atoms with Crippen LogP contribution in [0.2, 0.25) is 0 Å². The summed E-state index contributed by atoms with van der Waals surface area (Å²) in [7, 11) is 0. The molecule has 0 bridgehead atoms. The molecule has 0 unspecified atom stereocenters. The Morgan fingerprint density at radius 2 is 2.06 bits per heavy atom. The summed E-state index contributed by atoms with van der Waals surface area (Å²) in [6.45, 7) is -0.151. The quantitative estimate of drug-likeness (QED) is 0.624. The minimum atomic E-state index is -0.710. The van der Waals surface area contributed by atoms with E-state index in [1.165, 1.54) is 12.1 Å². The van der Waals surface area contributed by atoms with Gasteiger partial charge in [0.25, 0.3) is 0 Å². The summed E-state index contributed by atoms with van der Waals surface area (Å²) in [5.74, 6) is -0.228. The average molecular weight is 221 g/mol. The Hall–Kier alpha value is -1.88. The molecule has 0 aliphatic carbocycles. The van der Waals surface area contributed by atoms with Crippen LogP contribution in [-0.2, 0) is 16.0 Å². The Morgan fingerprint density at radius 1 is 1.44 bits per heavy atom. The first kappa shape index (κ1) is 12.2. The molecule has 5 nitrogen and oxygen atoms in total. The van der Waals surface area contributed by atoms with E-state index in [0.29, 0.717) is 6.42 Å². The lowest BCUT2D eigenvalue weighted by atomic mass is 10.1. The Kier molecular flexibility index (Phi) is 4.47. The third-order valence-corrected chi connectivity index (χ3v) is 2.06. The number of hydrogen-bond donors (Lipinski definition) is 3. The molecule has 0 heterocycles. The molecular formula is C11H13N2O3. The first-order chi connectivity index (χ1) is 7.63. The molecule has 1 atom stereocenters. The van der Waals surface area contributed by atoms with Gasteiger partial charge in [0.1, 0.15) is 5.75 Å². The van der Waals surface area contributed by atoms with Crippen LogP contribution in [0.15, 0.2) is 24.3 Å². The number of amides is 1. The van der Waals surface area contributed by atoms with Crippen molar-refractivity contribution < 1.29 is 14.7 Å². The topological polar surface area (TPSA) is 92.4 Å². The van der Waals surface area contributed by atoms with Crippen molar-refractivity contribution >= 4 is 12.2 Å². The van der Waals surface area contributed by atoms with E-state index in [4.69, 9.17) is 10.8 Å². The summed E-state index contributed by atoms with van der Waals surface area (Å²) in [5.41, 5.74) is 6.47. The summed E-state index contributed by atoms with van der Waals surface area (Å²) >= 11 is 0. The van der Waals surface area contributed by atoms with Gasteiger partial charge in [0, 0.05) is 0 Å². The standard InChI is InChI=1S/C11H13N2O3/c12-10(11(16)13-5-6-14)7-8-1-3-9(15)4-2-8/h1-4,10,15H,5,7,12H2,(H,13,16)/t10-/m0/s1. The normalized spacial score (nSPS) is 11.8. The average Bonchev–Trinajstić information content (AvgIpc) is 2.29. The highest BCUT2D eigenvalue weighted by molar-refractivity contribution is 5.83. The molecule has 1 rings (SSSR count). The zero-order chi connectivity index (χ0) is 12.0. The van der Waals surface area contributed by atoms with Gasteiger partial charge in [-0.1, -0.05) is 12.1 Å². The lowest BCUT2D eigenvalue weighted by Crippen LogP contribution is -2.42. The van der Waals surface area contributed by atoms with Crippen LogP contribution in [0.4, 0.5) is 0 Å². The van der Waals surface area contributed by atoms with Gasteiger partial charge in [-0.25, -0.2) is 0 Å². The molecule has 0 fully saturated rings. The van der Waals surface area contributed by atoms with Crippen molar-refractivity contribution in [2.75, 3.05) is 6.54 Å². The number of nitrogens with one attached hydrogen (secondary N) is 1. The largest absolute Gasteiger partial charge is 0.508 e. The third-order valence-electron chi connectivity index (χ3n) is 2.06. The maximum atomic E-state index is 11.3.